The molecule has 5 heteroatoms. The lowest BCUT2D eigenvalue weighted by atomic mass is 10.2. The normalized spacial score (nSPS) is 9.15. The van der Waals surface area contributed by atoms with Crippen molar-refractivity contribution in [2.75, 3.05) is 7.11 Å². The number of methoxy groups -OCH3 is 1. The van der Waals surface area contributed by atoms with Gasteiger partial charge in [0.2, 0.25) is 0 Å². The second-order valence-corrected chi connectivity index (χ2v) is 2.87. The van der Waals surface area contributed by atoms with Crippen LogP contribution < -0.4 is 4.74 Å². The van der Waals surface area contributed by atoms with Gasteiger partial charge in [-0.25, -0.2) is 0 Å². The molecule has 0 radical (unpaired) electrons. The molecule has 0 N–H and O–H groups in total. The van der Waals surface area contributed by atoms with Crippen LogP contribution in [0.15, 0.2) is 17.2 Å². The summed E-state index contributed by atoms with van der Waals surface area (Å²) in [6, 6.07) is 3.31. The summed E-state index contributed by atoms with van der Waals surface area (Å²) in [4.78, 5) is 2.69. The predicted molar refractivity (Wildman–Crippen MR) is 51.5 cm³/mol. The van der Waals surface area contributed by atoms with Crippen LogP contribution in [0.5, 0.6) is 5.75 Å². The molecule has 0 fully saturated rings. The van der Waals surface area contributed by atoms with E-state index in [4.69, 9.17) is 21.9 Å². The molecule has 1 aromatic rings. The number of nitrogens with zero attached hydrogens (tertiary/aromatic N) is 3. The summed E-state index contributed by atoms with van der Waals surface area (Å²) in [5, 5.41) is 4.07. The molecule has 0 aliphatic heterocycles. The minimum atomic E-state index is 0.451. The van der Waals surface area contributed by atoms with Crippen molar-refractivity contribution in [2.45, 2.75) is 6.92 Å². The smallest absolute Gasteiger partial charge is 0.129 e. The van der Waals surface area contributed by atoms with Gasteiger partial charge in [0.1, 0.15) is 5.75 Å². The molecule has 0 aliphatic carbocycles. The van der Waals surface area contributed by atoms with Crippen LogP contribution >= 0.6 is 11.6 Å². The van der Waals surface area contributed by atoms with Gasteiger partial charge in [0, 0.05) is 9.93 Å². The first kappa shape index (κ1) is 9.71. The average Bonchev–Trinajstić information content (AvgIpc) is 2.11. The minimum absolute atomic E-state index is 0.451. The van der Waals surface area contributed by atoms with E-state index in [2.05, 4.69) is 10.0 Å². The Kier molecular flexibility index (Phi) is 3.01. The first-order chi connectivity index (χ1) is 6.19. The molecule has 1 aromatic carbocycles. The Morgan fingerprint density at radius 2 is 2.23 bits per heavy atom. The molecule has 0 saturated carbocycles. The van der Waals surface area contributed by atoms with E-state index in [1.165, 1.54) is 7.11 Å². The lowest BCUT2D eigenvalue weighted by Gasteiger charge is -2.05. The van der Waals surface area contributed by atoms with Gasteiger partial charge < -0.3 is 4.74 Å². The molecule has 0 aromatic heterocycles. The molecule has 0 saturated heterocycles. The molecule has 0 unspecified atom stereocenters. The highest BCUT2D eigenvalue weighted by Gasteiger charge is 2.04. The van der Waals surface area contributed by atoms with Gasteiger partial charge in [-0.05, 0) is 30.2 Å². The number of hydrogen-bond acceptors (Lipinski definition) is 2. The summed E-state index contributed by atoms with van der Waals surface area (Å²) in [6.45, 7) is 1.83. The standard InChI is InChI=1S/C8H8ClN3O/c1-5-3-7(11-12-10)8(13-2)4-6(5)9/h3-4H,1-2H3. The summed E-state index contributed by atoms with van der Waals surface area (Å²) in [7, 11) is 1.50. The minimum Gasteiger partial charge on any atom is -0.496 e. The van der Waals surface area contributed by atoms with E-state index in [0.717, 1.165) is 5.56 Å². The number of aryl methyl sites for hydroxylation is 1. The van der Waals surface area contributed by atoms with Crippen molar-refractivity contribution < 1.29 is 4.74 Å². The summed E-state index contributed by atoms with van der Waals surface area (Å²) in [5.74, 6) is 0.480. The Morgan fingerprint density at radius 1 is 1.54 bits per heavy atom. The number of benzene rings is 1. The van der Waals surface area contributed by atoms with E-state index in [1.807, 2.05) is 6.92 Å². The SMILES string of the molecule is COc1cc(Cl)c(C)cc1N=[N+]=[N-]. The highest BCUT2D eigenvalue weighted by molar-refractivity contribution is 6.31. The Morgan fingerprint density at radius 3 is 2.77 bits per heavy atom. The second kappa shape index (κ2) is 4.03. The second-order valence-electron chi connectivity index (χ2n) is 2.46. The number of hydrogen-bond donors (Lipinski definition) is 0. The van der Waals surface area contributed by atoms with Crippen molar-refractivity contribution in [1.82, 2.24) is 0 Å². The summed E-state index contributed by atoms with van der Waals surface area (Å²) in [5.41, 5.74) is 9.57. The predicted octanol–water partition coefficient (Wildman–Crippen LogP) is 3.60. The Labute approximate surface area is 80.7 Å². The van der Waals surface area contributed by atoms with Crippen molar-refractivity contribution in [3.05, 3.63) is 33.2 Å². The monoisotopic (exact) mass is 197 g/mol. The maximum Gasteiger partial charge on any atom is 0.129 e. The number of ether oxygens (including phenoxy) is 1. The Balaban J connectivity index is 3.32. The van der Waals surface area contributed by atoms with Gasteiger partial charge in [0.15, 0.2) is 0 Å². The number of rotatable bonds is 2. The van der Waals surface area contributed by atoms with E-state index in [0.29, 0.717) is 16.5 Å². The molecule has 0 spiro atoms. The quantitative estimate of drug-likeness (QED) is 0.406. The zero-order valence-electron chi connectivity index (χ0n) is 7.28. The molecule has 0 amide bonds. The number of halogens is 1. The topological polar surface area (TPSA) is 58.0 Å². The Bertz CT molecular complexity index is 372. The molecule has 13 heavy (non-hydrogen) atoms. The molecule has 4 nitrogen and oxygen atoms in total. The first-order valence-electron chi connectivity index (χ1n) is 3.58. The van der Waals surface area contributed by atoms with Gasteiger partial charge in [-0.2, -0.15) is 0 Å². The van der Waals surface area contributed by atoms with Gasteiger partial charge in [-0.1, -0.05) is 16.7 Å². The van der Waals surface area contributed by atoms with Gasteiger partial charge in [0.05, 0.1) is 12.8 Å². The molecule has 1 rings (SSSR count). The van der Waals surface area contributed by atoms with Crippen LogP contribution in [0.2, 0.25) is 5.02 Å². The zero-order valence-corrected chi connectivity index (χ0v) is 8.04. The fourth-order valence-corrected chi connectivity index (χ4v) is 1.09. The van der Waals surface area contributed by atoms with Crippen LogP contribution in [-0.2, 0) is 0 Å². The largest absolute Gasteiger partial charge is 0.496 e. The highest BCUT2D eigenvalue weighted by atomic mass is 35.5. The molecule has 0 aliphatic rings. The van der Waals surface area contributed by atoms with Gasteiger partial charge in [-0.15, -0.1) is 0 Å². The van der Waals surface area contributed by atoms with E-state index < -0.39 is 0 Å². The Hall–Kier alpha value is -1.38. The van der Waals surface area contributed by atoms with Crippen molar-refractivity contribution in [3.8, 4) is 5.75 Å². The lowest BCUT2D eigenvalue weighted by Crippen LogP contribution is -1.84. The average molecular weight is 198 g/mol. The third kappa shape index (κ3) is 2.05. The van der Waals surface area contributed by atoms with Crippen LogP contribution in [0.3, 0.4) is 0 Å². The molecule has 0 heterocycles. The first-order valence-corrected chi connectivity index (χ1v) is 3.96. The third-order valence-electron chi connectivity index (χ3n) is 1.61. The van der Waals surface area contributed by atoms with Crippen LogP contribution in [0.4, 0.5) is 5.69 Å². The maximum atomic E-state index is 8.27. The van der Waals surface area contributed by atoms with Crippen molar-refractivity contribution in [1.29, 1.82) is 0 Å². The summed E-state index contributed by atoms with van der Waals surface area (Å²) < 4.78 is 4.98. The molecular weight excluding hydrogens is 190 g/mol. The van der Waals surface area contributed by atoms with Crippen LogP contribution in [0.1, 0.15) is 5.56 Å². The molecule has 0 atom stereocenters. The van der Waals surface area contributed by atoms with Gasteiger partial charge in [-0.3, -0.25) is 0 Å². The summed E-state index contributed by atoms with van der Waals surface area (Å²) in [6.07, 6.45) is 0. The van der Waals surface area contributed by atoms with E-state index in [-0.39, 0.29) is 0 Å². The van der Waals surface area contributed by atoms with E-state index >= 15 is 0 Å². The van der Waals surface area contributed by atoms with Gasteiger partial charge in [0.25, 0.3) is 0 Å². The van der Waals surface area contributed by atoms with Crippen molar-refractivity contribution >= 4 is 17.3 Å². The van der Waals surface area contributed by atoms with E-state index in [1.54, 1.807) is 12.1 Å². The van der Waals surface area contributed by atoms with Crippen LogP contribution in [0.25, 0.3) is 10.4 Å². The summed E-state index contributed by atoms with van der Waals surface area (Å²) >= 11 is 5.85. The molecular formula is C8H8ClN3O. The van der Waals surface area contributed by atoms with Crippen molar-refractivity contribution in [3.63, 3.8) is 0 Å². The fraction of sp³-hybridized carbons (Fsp3) is 0.250. The van der Waals surface area contributed by atoms with E-state index in [9.17, 15) is 0 Å². The molecule has 68 valence electrons. The fourth-order valence-electron chi connectivity index (χ4n) is 0.938. The molecule has 0 bridgehead atoms. The maximum absolute atomic E-state index is 8.27. The third-order valence-corrected chi connectivity index (χ3v) is 2.02. The van der Waals surface area contributed by atoms with Gasteiger partial charge >= 0.3 is 0 Å². The lowest BCUT2D eigenvalue weighted by molar-refractivity contribution is 0.416. The van der Waals surface area contributed by atoms with Crippen LogP contribution in [-0.4, -0.2) is 7.11 Å². The number of azide groups is 1. The van der Waals surface area contributed by atoms with Crippen molar-refractivity contribution in [2.24, 2.45) is 5.11 Å². The zero-order chi connectivity index (χ0) is 9.84. The van der Waals surface area contributed by atoms with Crippen LogP contribution in [0, 0.1) is 6.92 Å². The highest BCUT2D eigenvalue weighted by Crippen LogP contribution is 2.32.